The summed E-state index contributed by atoms with van der Waals surface area (Å²) in [6.07, 6.45) is 2.82. The zero-order chi connectivity index (χ0) is 20.4. The number of aliphatic imine (C=N–C) groups is 1. The molecule has 0 amide bonds. The van der Waals surface area contributed by atoms with Gasteiger partial charge in [0.2, 0.25) is 5.88 Å². The number of fused-ring (bicyclic) bond motifs is 1. The van der Waals surface area contributed by atoms with E-state index in [9.17, 15) is 24.6 Å². The van der Waals surface area contributed by atoms with E-state index in [2.05, 4.69) is 15.0 Å². The minimum atomic E-state index is -1.17. The van der Waals surface area contributed by atoms with Crippen molar-refractivity contribution in [1.29, 1.82) is 0 Å². The van der Waals surface area contributed by atoms with E-state index in [1.54, 1.807) is 20.0 Å². The molecule has 146 valence electrons. The minimum Gasteiger partial charge on any atom is -0.494 e. The summed E-state index contributed by atoms with van der Waals surface area (Å²) in [6, 6.07) is 5.90. The average Bonchev–Trinajstić information content (AvgIpc) is 3.02. The Labute approximate surface area is 159 Å². The third-order valence-corrected chi connectivity index (χ3v) is 4.43. The van der Waals surface area contributed by atoms with Crippen molar-refractivity contribution in [2.45, 2.75) is 32.4 Å². The molecule has 1 aromatic carbocycles. The van der Waals surface area contributed by atoms with Crippen molar-refractivity contribution in [3.8, 4) is 5.88 Å². The van der Waals surface area contributed by atoms with Crippen LogP contribution in [0.15, 0.2) is 45.0 Å². The van der Waals surface area contributed by atoms with Gasteiger partial charge in [0, 0.05) is 35.8 Å². The van der Waals surface area contributed by atoms with Gasteiger partial charge in [0.15, 0.2) is 6.04 Å². The first-order valence-electron chi connectivity index (χ1n) is 8.68. The number of para-hydroxylation sites is 1. The molecule has 2 heterocycles. The van der Waals surface area contributed by atoms with Crippen LogP contribution in [0.3, 0.4) is 0 Å². The van der Waals surface area contributed by atoms with Gasteiger partial charge < -0.3 is 15.2 Å². The number of nitrogens with one attached hydrogen (secondary N) is 2. The fraction of sp³-hybridized carbons (Fsp3) is 0.263. The molecular weight excluding hydrogens is 364 g/mol. The van der Waals surface area contributed by atoms with Crippen molar-refractivity contribution >= 4 is 23.1 Å². The Morgan fingerprint density at radius 3 is 2.68 bits per heavy atom. The van der Waals surface area contributed by atoms with Crippen LogP contribution in [-0.4, -0.2) is 43.0 Å². The molecule has 0 aliphatic heterocycles. The largest absolute Gasteiger partial charge is 0.494 e. The molecule has 1 atom stereocenters. The number of H-pyrrole nitrogens is 2. The summed E-state index contributed by atoms with van der Waals surface area (Å²) in [4.78, 5) is 44.7. The first-order valence-corrected chi connectivity index (χ1v) is 8.68. The van der Waals surface area contributed by atoms with E-state index in [1.165, 1.54) is 0 Å². The van der Waals surface area contributed by atoms with E-state index in [0.717, 1.165) is 27.2 Å². The summed E-state index contributed by atoms with van der Waals surface area (Å²) >= 11 is 0. The number of rotatable bonds is 6. The lowest BCUT2D eigenvalue weighted by Gasteiger charge is -2.13. The highest BCUT2D eigenvalue weighted by Crippen LogP contribution is 2.20. The number of carboxylic acids is 1. The number of hydrogen-bond donors (Lipinski definition) is 4. The third-order valence-electron chi connectivity index (χ3n) is 4.43. The second-order valence-corrected chi connectivity index (χ2v) is 6.66. The van der Waals surface area contributed by atoms with Gasteiger partial charge in [0.25, 0.3) is 5.56 Å². The Kier molecular flexibility index (Phi) is 5.16. The van der Waals surface area contributed by atoms with Gasteiger partial charge in [-0.3, -0.25) is 19.3 Å². The minimum absolute atomic E-state index is 0.0956. The predicted molar refractivity (Wildman–Crippen MR) is 104 cm³/mol. The number of hydrogen-bond acceptors (Lipinski definition) is 5. The van der Waals surface area contributed by atoms with Crippen LogP contribution < -0.4 is 11.2 Å². The Morgan fingerprint density at radius 1 is 1.29 bits per heavy atom. The van der Waals surface area contributed by atoms with E-state index in [-0.39, 0.29) is 12.0 Å². The third kappa shape index (κ3) is 3.59. The van der Waals surface area contributed by atoms with Gasteiger partial charge in [-0.15, -0.1) is 0 Å². The topological polar surface area (TPSA) is 141 Å². The Morgan fingerprint density at radius 2 is 2.00 bits per heavy atom. The highest BCUT2D eigenvalue weighted by Gasteiger charge is 2.20. The maximum atomic E-state index is 12.0. The molecule has 0 bridgehead atoms. The van der Waals surface area contributed by atoms with E-state index in [0.29, 0.717) is 0 Å². The number of benzene rings is 1. The average molecular weight is 384 g/mol. The van der Waals surface area contributed by atoms with Gasteiger partial charge in [-0.25, -0.2) is 9.59 Å². The molecule has 3 rings (SSSR count). The quantitative estimate of drug-likeness (QED) is 0.476. The number of carbonyl (C=O) groups is 1. The number of aromatic hydroxyl groups is 1. The van der Waals surface area contributed by atoms with Crippen LogP contribution in [0.5, 0.6) is 5.88 Å². The van der Waals surface area contributed by atoms with Crippen LogP contribution in [0, 0.1) is 0 Å². The van der Waals surface area contributed by atoms with Crippen molar-refractivity contribution in [2.75, 3.05) is 0 Å². The lowest BCUT2D eigenvalue weighted by Crippen LogP contribution is -2.33. The lowest BCUT2D eigenvalue weighted by molar-refractivity contribution is -0.138. The molecule has 0 aliphatic rings. The summed E-state index contributed by atoms with van der Waals surface area (Å²) in [5, 5.41) is 20.7. The molecule has 3 aromatic rings. The summed E-state index contributed by atoms with van der Waals surface area (Å²) in [7, 11) is 0. The van der Waals surface area contributed by atoms with Crippen molar-refractivity contribution in [3.05, 3.63) is 62.4 Å². The van der Waals surface area contributed by atoms with Gasteiger partial charge in [0.1, 0.15) is 5.56 Å². The summed E-state index contributed by atoms with van der Waals surface area (Å²) in [6.45, 7) is 3.33. The Hall–Kier alpha value is -3.62. The molecule has 0 unspecified atom stereocenters. The summed E-state index contributed by atoms with van der Waals surface area (Å²) in [5.41, 5.74) is -0.199. The summed E-state index contributed by atoms with van der Waals surface area (Å²) in [5.74, 6) is -1.72. The Balaban J connectivity index is 1.97. The monoisotopic (exact) mass is 384 g/mol. The van der Waals surface area contributed by atoms with E-state index in [1.807, 2.05) is 24.3 Å². The van der Waals surface area contributed by atoms with Crippen molar-refractivity contribution in [1.82, 2.24) is 14.5 Å². The molecule has 0 saturated carbocycles. The van der Waals surface area contributed by atoms with Crippen LogP contribution in [0.4, 0.5) is 0 Å². The molecule has 28 heavy (non-hydrogen) atoms. The first-order chi connectivity index (χ1) is 13.3. The van der Waals surface area contributed by atoms with E-state index in [4.69, 9.17) is 0 Å². The molecule has 9 heteroatoms. The zero-order valence-corrected chi connectivity index (χ0v) is 15.3. The number of carboxylic acid groups (broad SMARTS) is 1. The maximum absolute atomic E-state index is 12.0. The molecular formula is C19H20N4O5. The standard InChI is InChI=1S/C19H20N4O5/c1-10(2)23-17(25)13(16(24)22-19(23)28)9-21-15(18(26)27)7-11-8-20-14-6-4-3-5-12(11)14/h3-6,8-10,15,20,25H,7H2,1-2H3,(H,26,27)(H,22,24,28)/t15-/m1/s1. The van der Waals surface area contributed by atoms with Crippen LogP contribution in [0.25, 0.3) is 10.9 Å². The predicted octanol–water partition coefficient (Wildman–Crippen LogP) is 1.42. The second kappa shape index (κ2) is 7.55. The van der Waals surface area contributed by atoms with Crippen LogP contribution >= 0.6 is 0 Å². The smallest absolute Gasteiger partial charge is 0.331 e. The molecule has 0 radical (unpaired) electrons. The van der Waals surface area contributed by atoms with Gasteiger partial charge in [-0.05, 0) is 25.5 Å². The van der Waals surface area contributed by atoms with Crippen molar-refractivity contribution < 1.29 is 15.0 Å². The van der Waals surface area contributed by atoms with Crippen molar-refractivity contribution in [2.24, 2.45) is 4.99 Å². The molecule has 0 saturated heterocycles. The van der Waals surface area contributed by atoms with Crippen molar-refractivity contribution in [3.63, 3.8) is 0 Å². The zero-order valence-electron chi connectivity index (χ0n) is 15.3. The molecule has 4 N–H and O–H groups in total. The molecule has 0 spiro atoms. The van der Waals surface area contributed by atoms with E-state index < -0.39 is 35.2 Å². The highest BCUT2D eigenvalue weighted by atomic mass is 16.4. The molecule has 0 fully saturated rings. The number of aliphatic carboxylic acids is 1. The SMILES string of the molecule is CC(C)n1c(O)c(C=N[C@H](Cc2c[nH]c3ccccc23)C(=O)O)c(=O)[nH]c1=O. The van der Waals surface area contributed by atoms with Crippen LogP contribution in [0.1, 0.15) is 31.0 Å². The normalized spacial score (nSPS) is 12.8. The number of aromatic amines is 2. The van der Waals surface area contributed by atoms with Crippen LogP contribution in [0.2, 0.25) is 0 Å². The molecule has 9 nitrogen and oxygen atoms in total. The van der Waals surface area contributed by atoms with E-state index >= 15 is 0 Å². The van der Waals surface area contributed by atoms with Gasteiger partial charge >= 0.3 is 11.7 Å². The maximum Gasteiger partial charge on any atom is 0.331 e. The molecule has 2 aromatic heterocycles. The van der Waals surface area contributed by atoms with Crippen LogP contribution in [-0.2, 0) is 11.2 Å². The lowest BCUT2D eigenvalue weighted by atomic mass is 10.1. The summed E-state index contributed by atoms with van der Waals surface area (Å²) < 4.78 is 0.998. The fourth-order valence-electron chi connectivity index (χ4n) is 3.02. The highest BCUT2D eigenvalue weighted by molar-refractivity contribution is 5.87. The Bertz CT molecular complexity index is 1170. The second-order valence-electron chi connectivity index (χ2n) is 6.66. The fourth-order valence-corrected chi connectivity index (χ4v) is 3.02. The van der Waals surface area contributed by atoms with Gasteiger partial charge in [-0.1, -0.05) is 18.2 Å². The number of aromatic nitrogens is 3. The number of nitrogens with zero attached hydrogens (tertiary/aromatic N) is 2. The first kappa shape index (κ1) is 19.2. The van der Waals surface area contributed by atoms with Gasteiger partial charge in [-0.2, -0.15) is 0 Å². The molecule has 0 aliphatic carbocycles. The van der Waals surface area contributed by atoms with Gasteiger partial charge in [0.05, 0.1) is 0 Å².